The first kappa shape index (κ1) is 17.0. The van der Waals surface area contributed by atoms with Crippen LogP contribution in [0.4, 0.5) is 5.69 Å². The van der Waals surface area contributed by atoms with E-state index in [4.69, 9.17) is 4.98 Å². The van der Waals surface area contributed by atoms with Crippen LogP contribution in [0.3, 0.4) is 0 Å². The smallest absolute Gasteiger partial charge is 0.234 e. The van der Waals surface area contributed by atoms with Crippen molar-refractivity contribution in [1.29, 1.82) is 0 Å². The third kappa shape index (κ3) is 3.15. The maximum atomic E-state index is 4.94. The van der Waals surface area contributed by atoms with E-state index in [9.17, 15) is 0 Å². The van der Waals surface area contributed by atoms with Crippen molar-refractivity contribution < 1.29 is 0 Å². The van der Waals surface area contributed by atoms with Crippen molar-refractivity contribution >= 4 is 11.5 Å². The normalized spacial score (nSPS) is 14.2. The Morgan fingerprint density at radius 2 is 1.71 bits per heavy atom. The van der Waals surface area contributed by atoms with Crippen molar-refractivity contribution in [2.24, 2.45) is 0 Å². The fraction of sp³-hybridized carbons (Fsp3) is 0.250. The van der Waals surface area contributed by atoms with Gasteiger partial charge in [-0.3, -0.25) is 4.40 Å². The van der Waals surface area contributed by atoms with Gasteiger partial charge in [-0.2, -0.15) is 0 Å². The van der Waals surface area contributed by atoms with Crippen LogP contribution in [0.5, 0.6) is 0 Å². The number of hydrogen-bond donors (Lipinski definition) is 1. The molecule has 0 spiro atoms. The van der Waals surface area contributed by atoms with E-state index in [2.05, 4.69) is 78.1 Å². The number of hydrogen-bond acceptors (Lipinski definition) is 3. The summed E-state index contributed by atoms with van der Waals surface area (Å²) in [6.07, 6.45) is 9.02. The van der Waals surface area contributed by atoms with Gasteiger partial charge in [-0.15, -0.1) is 0 Å². The molecule has 1 fully saturated rings. The largest absolute Gasteiger partial charge is 0.382 e. The molecule has 2 aromatic carbocycles. The van der Waals surface area contributed by atoms with Crippen molar-refractivity contribution in [1.82, 2.24) is 14.4 Å². The zero-order valence-corrected chi connectivity index (χ0v) is 16.1. The van der Waals surface area contributed by atoms with E-state index < -0.39 is 0 Å². The summed E-state index contributed by atoms with van der Waals surface area (Å²) in [5, 5.41) is 3.61. The topological polar surface area (TPSA) is 42.2 Å². The minimum atomic E-state index is 0.637. The fourth-order valence-corrected chi connectivity index (χ4v) is 3.70. The van der Waals surface area contributed by atoms with Crippen LogP contribution in [0.2, 0.25) is 0 Å². The number of rotatable bonds is 5. The van der Waals surface area contributed by atoms with Crippen molar-refractivity contribution in [2.75, 3.05) is 5.32 Å². The summed E-state index contributed by atoms with van der Waals surface area (Å²) in [6, 6.07) is 19.7. The average molecular weight is 368 g/mol. The van der Waals surface area contributed by atoms with Gasteiger partial charge in [0.25, 0.3) is 0 Å². The lowest BCUT2D eigenvalue weighted by molar-refractivity contribution is 0.445. The highest BCUT2D eigenvalue weighted by Gasteiger charge is 2.17. The van der Waals surface area contributed by atoms with Crippen LogP contribution in [0.15, 0.2) is 67.0 Å². The number of nitrogens with zero attached hydrogens (tertiary/aromatic N) is 3. The standard InChI is InChI=1S/C24H24N4/c1-2-19-15-28-16-22(17-7-4-3-5-8-17)23(27-24(28)26-19)18-11-13-21(14-12-18)25-20-9-6-10-20/h3-5,7-8,11-16,20,25H,2,6,9-10H2,1H3. The second kappa shape index (κ2) is 7.12. The van der Waals surface area contributed by atoms with Crippen molar-refractivity contribution in [3.8, 4) is 22.4 Å². The SMILES string of the molecule is CCc1cn2cc(-c3ccccc3)c(-c3ccc(NC4CCC4)cc3)nc2n1. The number of fused-ring (bicyclic) bond motifs is 1. The Hall–Kier alpha value is -3.14. The molecule has 0 atom stereocenters. The predicted molar refractivity (Wildman–Crippen MR) is 114 cm³/mol. The van der Waals surface area contributed by atoms with Crippen LogP contribution in [0.25, 0.3) is 28.2 Å². The number of benzene rings is 2. The highest BCUT2D eigenvalue weighted by atomic mass is 15.1. The molecule has 140 valence electrons. The van der Waals surface area contributed by atoms with E-state index in [0.29, 0.717) is 6.04 Å². The quantitative estimate of drug-likeness (QED) is 0.499. The Labute approximate surface area is 165 Å². The van der Waals surface area contributed by atoms with E-state index in [1.807, 2.05) is 10.5 Å². The Morgan fingerprint density at radius 1 is 0.929 bits per heavy atom. The summed E-state index contributed by atoms with van der Waals surface area (Å²) in [5.74, 6) is 0.753. The molecule has 4 heteroatoms. The molecule has 5 rings (SSSR count). The van der Waals surface area contributed by atoms with E-state index in [0.717, 1.165) is 40.3 Å². The van der Waals surface area contributed by atoms with Gasteiger partial charge in [-0.1, -0.05) is 49.4 Å². The van der Waals surface area contributed by atoms with Gasteiger partial charge in [0.15, 0.2) is 0 Å². The molecule has 1 aliphatic rings. The van der Waals surface area contributed by atoms with Gasteiger partial charge in [-0.05, 0) is 43.4 Å². The van der Waals surface area contributed by atoms with E-state index in [-0.39, 0.29) is 0 Å². The molecule has 0 amide bonds. The maximum Gasteiger partial charge on any atom is 0.234 e. The lowest BCUT2D eigenvalue weighted by atomic mass is 9.93. The van der Waals surface area contributed by atoms with E-state index >= 15 is 0 Å². The van der Waals surface area contributed by atoms with Gasteiger partial charge < -0.3 is 5.32 Å². The van der Waals surface area contributed by atoms with Gasteiger partial charge >= 0.3 is 0 Å². The molecule has 0 aliphatic heterocycles. The van der Waals surface area contributed by atoms with Gasteiger partial charge in [0.2, 0.25) is 5.78 Å². The molecule has 0 bridgehead atoms. The molecular weight excluding hydrogens is 344 g/mol. The van der Waals surface area contributed by atoms with Crippen molar-refractivity contribution in [3.63, 3.8) is 0 Å². The van der Waals surface area contributed by atoms with Crippen molar-refractivity contribution in [2.45, 2.75) is 38.6 Å². The number of anilines is 1. The van der Waals surface area contributed by atoms with Crippen LogP contribution in [0, 0.1) is 0 Å². The molecule has 2 aromatic heterocycles. The average Bonchev–Trinajstić information content (AvgIpc) is 3.13. The summed E-state index contributed by atoms with van der Waals surface area (Å²) in [7, 11) is 0. The minimum Gasteiger partial charge on any atom is -0.382 e. The highest BCUT2D eigenvalue weighted by molar-refractivity contribution is 5.81. The fourth-order valence-electron chi connectivity index (χ4n) is 3.70. The van der Waals surface area contributed by atoms with Crippen LogP contribution in [-0.4, -0.2) is 20.4 Å². The van der Waals surface area contributed by atoms with Gasteiger partial charge in [0, 0.05) is 35.2 Å². The summed E-state index contributed by atoms with van der Waals surface area (Å²) >= 11 is 0. The van der Waals surface area contributed by atoms with Crippen LogP contribution in [-0.2, 0) is 6.42 Å². The first-order valence-corrected chi connectivity index (χ1v) is 10.1. The Kier molecular flexibility index (Phi) is 4.32. The van der Waals surface area contributed by atoms with Gasteiger partial charge in [0.05, 0.1) is 11.4 Å². The molecule has 1 N–H and O–H groups in total. The molecule has 4 nitrogen and oxygen atoms in total. The summed E-state index contributed by atoms with van der Waals surface area (Å²) in [5.41, 5.74) is 6.61. The minimum absolute atomic E-state index is 0.637. The second-order valence-electron chi connectivity index (χ2n) is 7.51. The number of aromatic nitrogens is 3. The number of nitrogens with one attached hydrogen (secondary N) is 1. The number of imidazole rings is 1. The van der Waals surface area contributed by atoms with Gasteiger partial charge in [-0.25, -0.2) is 9.97 Å². The molecule has 0 unspecified atom stereocenters. The van der Waals surface area contributed by atoms with E-state index in [1.165, 1.54) is 24.9 Å². The van der Waals surface area contributed by atoms with Crippen molar-refractivity contribution in [3.05, 3.63) is 72.7 Å². The first-order valence-electron chi connectivity index (χ1n) is 10.1. The maximum absolute atomic E-state index is 4.94. The molecule has 0 radical (unpaired) electrons. The summed E-state index contributed by atoms with van der Waals surface area (Å²) in [4.78, 5) is 9.61. The lowest BCUT2D eigenvalue weighted by Crippen LogP contribution is -2.26. The number of aryl methyl sites for hydroxylation is 1. The van der Waals surface area contributed by atoms with Crippen LogP contribution >= 0.6 is 0 Å². The van der Waals surface area contributed by atoms with Crippen LogP contribution in [0.1, 0.15) is 31.9 Å². The zero-order chi connectivity index (χ0) is 18.9. The summed E-state index contributed by atoms with van der Waals surface area (Å²) < 4.78 is 2.04. The Morgan fingerprint density at radius 3 is 2.39 bits per heavy atom. The molecule has 1 aliphatic carbocycles. The first-order chi connectivity index (χ1) is 13.8. The van der Waals surface area contributed by atoms with Crippen LogP contribution < -0.4 is 5.32 Å². The second-order valence-corrected chi connectivity index (χ2v) is 7.51. The van der Waals surface area contributed by atoms with E-state index in [1.54, 1.807) is 0 Å². The zero-order valence-electron chi connectivity index (χ0n) is 16.1. The lowest BCUT2D eigenvalue weighted by Gasteiger charge is -2.27. The molecular formula is C24H24N4. The molecule has 28 heavy (non-hydrogen) atoms. The third-order valence-electron chi connectivity index (χ3n) is 5.58. The molecule has 4 aromatic rings. The van der Waals surface area contributed by atoms with Gasteiger partial charge in [0.1, 0.15) is 0 Å². The highest BCUT2D eigenvalue weighted by Crippen LogP contribution is 2.32. The molecule has 2 heterocycles. The molecule has 1 saturated carbocycles. The predicted octanol–water partition coefficient (Wildman–Crippen LogP) is 5.59. The summed E-state index contributed by atoms with van der Waals surface area (Å²) in [6.45, 7) is 2.12. The Balaban J connectivity index is 1.59. The monoisotopic (exact) mass is 368 g/mol. The Bertz CT molecular complexity index is 1090. The third-order valence-corrected chi connectivity index (χ3v) is 5.58. The molecule has 0 saturated heterocycles.